The molecule has 0 aromatic rings. The molecular weight excluding hydrogens is 76.1 g/mol. The molecule has 30 valence electrons. The summed E-state index contributed by atoms with van der Waals surface area (Å²) in [6.45, 7) is 0.552. The molecule has 1 heterocycles. The molecule has 0 aromatic carbocycles. The zero-order valence-corrected chi connectivity index (χ0v) is 3.26. The third kappa shape index (κ3) is 0.578. The van der Waals surface area contributed by atoms with Crippen LogP contribution in [0.5, 0.6) is 0 Å². The predicted molar refractivity (Wildman–Crippen MR) is 23.6 cm³/mol. The molecule has 0 fully saturated rings. The van der Waals surface area contributed by atoms with Gasteiger partial charge in [-0.05, 0) is 6.08 Å². The van der Waals surface area contributed by atoms with Gasteiger partial charge in [-0.3, -0.25) is 10.3 Å². The monoisotopic (exact) mass is 80.0 g/mol. The van der Waals surface area contributed by atoms with Crippen LogP contribution < -0.4 is 5.32 Å². The summed E-state index contributed by atoms with van der Waals surface area (Å²) in [4.78, 5) is 3.67. The smallest absolute Gasteiger partial charge is 0.130 e. The molecule has 0 saturated carbocycles. The summed E-state index contributed by atoms with van der Waals surface area (Å²) < 4.78 is 0. The Balaban J connectivity index is 2.46. The molecule has 2 radical (unpaired) electrons. The molecule has 0 N–H and O–H groups in total. The highest BCUT2D eigenvalue weighted by atomic mass is 15.0. The van der Waals surface area contributed by atoms with Crippen LogP contribution in [0.25, 0.3) is 0 Å². The van der Waals surface area contributed by atoms with Gasteiger partial charge in [0.1, 0.15) is 6.67 Å². The van der Waals surface area contributed by atoms with Gasteiger partial charge in [-0.25, -0.2) is 0 Å². The number of aliphatic imine (C=N–C) groups is 1. The van der Waals surface area contributed by atoms with Crippen molar-refractivity contribution in [2.45, 2.75) is 0 Å². The van der Waals surface area contributed by atoms with Gasteiger partial charge in [0.05, 0.1) is 6.21 Å². The van der Waals surface area contributed by atoms with Crippen LogP contribution >= 0.6 is 0 Å². The number of allylic oxidation sites excluding steroid dienone is 1. The van der Waals surface area contributed by atoms with E-state index in [2.05, 4.69) is 16.5 Å². The van der Waals surface area contributed by atoms with Crippen LogP contribution in [0.2, 0.25) is 0 Å². The van der Waals surface area contributed by atoms with E-state index >= 15 is 0 Å². The Morgan fingerprint density at radius 1 is 1.67 bits per heavy atom. The second-order valence-corrected chi connectivity index (χ2v) is 0.927. The summed E-state index contributed by atoms with van der Waals surface area (Å²) in [5, 5.41) is 3.77. The predicted octanol–water partition coefficient (Wildman–Crippen LogP) is 0.0234. The van der Waals surface area contributed by atoms with Crippen LogP contribution in [-0.2, 0) is 0 Å². The summed E-state index contributed by atoms with van der Waals surface area (Å²) in [5.41, 5.74) is 0. The highest BCUT2D eigenvalue weighted by Crippen LogP contribution is 1.74. The van der Waals surface area contributed by atoms with Crippen molar-refractivity contribution < 1.29 is 0 Å². The standard InChI is InChI=1S/C4H4N2/c1-2-5-4-6-3-1/h1-2H,4H2. The van der Waals surface area contributed by atoms with Crippen molar-refractivity contribution >= 4 is 6.21 Å². The minimum Gasteiger partial charge on any atom is -0.270 e. The van der Waals surface area contributed by atoms with Gasteiger partial charge in [0.25, 0.3) is 0 Å². The molecular formula is C4H4N2. The Bertz CT molecular complexity index is 71.5. The van der Waals surface area contributed by atoms with Gasteiger partial charge in [-0.2, -0.15) is 0 Å². The fraction of sp³-hybridized carbons (Fsp3) is 0.250. The lowest BCUT2D eigenvalue weighted by Crippen LogP contribution is -1.98. The average Bonchev–Trinajstić information content (AvgIpc) is 1.72. The molecule has 0 bridgehead atoms. The lowest BCUT2D eigenvalue weighted by Gasteiger charge is -1.89. The van der Waals surface area contributed by atoms with E-state index in [0.29, 0.717) is 6.67 Å². The Hall–Kier alpha value is -0.790. The number of nitrogens with zero attached hydrogens (tertiary/aromatic N) is 2. The number of rotatable bonds is 0. The molecule has 6 heavy (non-hydrogen) atoms. The van der Waals surface area contributed by atoms with Gasteiger partial charge >= 0.3 is 0 Å². The van der Waals surface area contributed by atoms with Gasteiger partial charge in [0.2, 0.25) is 0 Å². The molecule has 0 atom stereocenters. The van der Waals surface area contributed by atoms with E-state index in [1.807, 2.05) is 0 Å². The van der Waals surface area contributed by atoms with E-state index in [9.17, 15) is 0 Å². The van der Waals surface area contributed by atoms with Crippen molar-refractivity contribution in [1.29, 1.82) is 0 Å². The van der Waals surface area contributed by atoms with E-state index in [0.717, 1.165) is 0 Å². The largest absolute Gasteiger partial charge is 0.270 e. The van der Waals surface area contributed by atoms with Crippen molar-refractivity contribution in [3.63, 3.8) is 0 Å². The highest BCUT2D eigenvalue weighted by molar-refractivity contribution is 5.71. The van der Waals surface area contributed by atoms with Crippen molar-refractivity contribution in [3.8, 4) is 0 Å². The first kappa shape index (κ1) is 3.40. The molecule has 1 aliphatic rings. The van der Waals surface area contributed by atoms with E-state index in [1.165, 1.54) is 0 Å². The van der Waals surface area contributed by atoms with Gasteiger partial charge < -0.3 is 0 Å². The second-order valence-electron chi connectivity index (χ2n) is 0.927. The number of hydrogen-bond acceptors (Lipinski definition) is 1. The summed E-state index contributed by atoms with van der Waals surface area (Å²) in [6.07, 6.45) is 6.01. The van der Waals surface area contributed by atoms with Gasteiger partial charge in [0, 0.05) is 6.20 Å². The lowest BCUT2D eigenvalue weighted by molar-refractivity contribution is 0.863. The Labute approximate surface area is 36.6 Å². The topological polar surface area (TPSA) is 26.5 Å². The van der Waals surface area contributed by atoms with E-state index in [4.69, 9.17) is 0 Å². The molecule has 1 aliphatic heterocycles. The molecule has 0 amide bonds. The minimum absolute atomic E-state index is 0.552. The van der Waals surface area contributed by atoms with E-state index in [1.54, 1.807) is 12.3 Å². The minimum atomic E-state index is 0.552. The molecule has 1 rings (SSSR count). The normalized spacial score (nSPS) is 17.3. The van der Waals surface area contributed by atoms with Crippen LogP contribution in [0.15, 0.2) is 17.3 Å². The van der Waals surface area contributed by atoms with Gasteiger partial charge in [-0.1, -0.05) is 0 Å². The first-order valence-corrected chi connectivity index (χ1v) is 1.74. The quantitative estimate of drug-likeness (QED) is 0.392. The van der Waals surface area contributed by atoms with Crippen molar-refractivity contribution in [3.05, 3.63) is 12.3 Å². The van der Waals surface area contributed by atoms with Gasteiger partial charge in [0.15, 0.2) is 0 Å². The third-order valence-corrected chi connectivity index (χ3v) is 0.498. The van der Waals surface area contributed by atoms with Gasteiger partial charge in [-0.15, -0.1) is 0 Å². The number of hydrogen-bond donors (Lipinski definition) is 0. The average molecular weight is 80.1 g/mol. The first-order chi connectivity index (χ1) is 3.00. The Morgan fingerprint density at radius 3 is 2.83 bits per heavy atom. The first-order valence-electron chi connectivity index (χ1n) is 1.74. The molecule has 0 saturated heterocycles. The van der Waals surface area contributed by atoms with E-state index < -0.39 is 0 Å². The summed E-state index contributed by atoms with van der Waals surface area (Å²) >= 11 is 0. The van der Waals surface area contributed by atoms with Crippen LogP contribution in [-0.4, -0.2) is 12.9 Å². The molecule has 2 heteroatoms. The molecule has 0 unspecified atom stereocenters. The van der Waals surface area contributed by atoms with Crippen molar-refractivity contribution in [1.82, 2.24) is 5.32 Å². The summed E-state index contributed by atoms with van der Waals surface area (Å²) in [6, 6.07) is 0. The van der Waals surface area contributed by atoms with E-state index in [-0.39, 0.29) is 0 Å². The highest BCUT2D eigenvalue weighted by Gasteiger charge is 1.77. The molecule has 0 aliphatic carbocycles. The molecule has 0 spiro atoms. The SMILES string of the molecule is [C]1=NC[N]C=C1. The molecule has 0 aromatic heterocycles. The lowest BCUT2D eigenvalue weighted by atomic mass is 10.6. The maximum Gasteiger partial charge on any atom is 0.130 e. The van der Waals surface area contributed by atoms with Crippen LogP contribution in [0, 0.1) is 0 Å². The van der Waals surface area contributed by atoms with Crippen LogP contribution in [0.1, 0.15) is 0 Å². The third-order valence-electron chi connectivity index (χ3n) is 0.498. The van der Waals surface area contributed by atoms with Crippen LogP contribution in [0.4, 0.5) is 0 Å². The second kappa shape index (κ2) is 1.60. The Kier molecular flexibility index (Phi) is 0.906. The molecule has 2 nitrogen and oxygen atoms in total. The summed E-state index contributed by atoms with van der Waals surface area (Å²) in [5.74, 6) is 0. The fourth-order valence-corrected chi connectivity index (χ4v) is 0.268. The van der Waals surface area contributed by atoms with Crippen molar-refractivity contribution in [2.24, 2.45) is 4.99 Å². The van der Waals surface area contributed by atoms with Crippen molar-refractivity contribution in [2.75, 3.05) is 6.67 Å². The van der Waals surface area contributed by atoms with Crippen LogP contribution in [0.3, 0.4) is 0 Å². The summed E-state index contributed by atoms with van der Waals surface area (Å²) in [7, 11) is 0. The zero-order chi connectivity index (χ0) is 4.24. The Morgan fingerprint density at radius 2 is 2.67 bits per heavy atom. The fourth-order valence-electron chi connectivity index (χ4n) is 0.268. The zero-order valence-electron chi connectivity index (χ0n) is 3.26. The maximum absolute atomic E-state index is 3.77. The maximum atomic E-state index is 3.77.